The Kier molecular flexibility index (Phi) is 6.61. The molecule has 1 amide bonds. The van der Waals surface area contributed by atoms with Crippen LogP contribution in [0, 0.1) is 0 Å². The molecular weight excluding hydrogens is 470 g/mol. The first kappa shape index (κ1) is 23.5. The molecule has 0 atom stereocenters. The number of nitrogens with one attached hydrogen (secondary N) is 1. The fourth-order valence-electron chi connectivity index (χ4n) is 4.25. The molecule has 5 heteroatoms. The molecule has 0 radical (unpaired) electrons. The van der Waals surface area contributed by atoms with Crippen LogP contribution in [0.2, 0.25) is 5.02 Å². The number of allylic oxidation sites excluding steroid dienone is 1. The van der Waals surface area contributed by atoms with Crippen LogP contribution < -0.4 is 10.1 Å². The van der Waals surface area contributed by atoms with E-state index >= 15 is 0 Å². The van der Waals surface area contributed by atoms with Crippen molar-refractivity contribution in [3.05, 3.63) is 114 Å². The maximum Gasteiger partial charge on any atom is 0.248 e. The van der Waals surface area contributed by atoms with Crippen molar-refractivity contribution >= 4 is 39.7 Å². The van der Waals surface area contributed by atoms with E-state index in [0.717, 1.165) is 33.2 Å². The van der Waals surface area contributed by atoms with Gasteiger partial charge in [0.2, 0.25) is 5.91 Å². The van der Waals surface area contributed by atoms with Gasteiger partial charge < -0.3 is 14.5 Å². The second-order valence-corrected chi connectivity index (χ2v) is 8.90. The van der Waals surface area contributed by atoms with E-state index in [2.05, 4.69) is 41.7 Å². The van der Waals surface area contributed by atoms with Gasteiger partial charge in [-0.2, -0.15) is 0 Å². The topological polar surface area (TPSA) is 51.5 Å². The van der Waals surface area contributed by atoms with Crippen molar-refractivity contribution in [2.75, 3.05) is 12.4 Å². The van der Waals surface area contributed by atoms with Crippen LogP contribution in [0.3, 0.4) is 0 Å². The summed E-state index contributed by atoms with van der Waals surface area (Å²) in [5.74, 6) is 0.382. The van der Waals surface area contributed by atoms with Crippen molar-refractivity contribution < 1.29 is 13.9 Å². The molecule has 0 fully saturated rings. The molecule has 0 aliphatic carbocycles. The Morgan fingerprint density at radius 1 is 0.889 bits per heavy atom. The third-order valence-corrected chi connectivity index (χ3v) is 6.30. The van der Waals surface area contributed by atoms with Gasteiger partial charge in [0.25, 0.3) is 0 Å². The van der Waals surface area contributed by atoms with Gasteiger partial charge in [-0.3, -0.25) is 4.79 Å². The van der Waals surface area contributed by atoms with E-state index in [1.165, 1.54) is 5.56 Å². The highest BCUT2D eigenvalue weighted by Crippen LogP contribution is 2.38. The standard InChI is InChI=1S/C31H24ClNO3/c1-20(15-31(34)33-25-10-6-9-24(32)16-25)26-17-27-28(19-36-30(27)18-29(26)35-2)23-13-11-22(12-14-23)21-7-4-3-5-8-21/h3-19H,1-2H3,(H,33,34)/b20-15+. The number of carbonyl (C=O) groups is 1. The average Bonchev–Trinajstić information content (AvgIpc) is 3.31. The number of hydrogen-bond acceptors (Lipinski definition) is 3. The van der Waals surface area contributed by atoms with Crippen LogP contribution in [0.4, 0.5) is 5.69 Å². The van der Waals surface area contributed by atoms with Gasteiger partial charge in [0.15, 0.2) is 0 Å². The molecule has 0 saturated carbocycles. The number of methoxy groups -OCH3 is 1. The minimum atomic E-state index is -0.249. The Morgan fingerprint density at radius 2 is 1.61 bits per heavy atom. The lowest BCUT2D eigenvalue weighted by atomic mass is 9.97. The van der Waals surface area contributed by atoms with Gasteiger partial charge in [0, 0.05) is 39.4 Å². The number of ether oxygens (including phenoxy) is 1. The highest BCUT2D eigenvalue weighted by Gasteiger charge is 2.15. The van der Waals surface area contributed by atoms with Crippen LogP contribution in [-0.2, 0) is 4.79 Å². The summed E-state index contributed by atoms with van der Waals surface area (Å²) in [5.41, 5.74) is 7.28. The van der Waals surface area contributed by atoms with Crippen molar-refractivity contribution in [1.82, 2.24) is 0 Å². The number of amides is 1. The predicted molar refractivity (Wildman–Crippen MR) is 147 cm³/mol. The number of anilines is 1. The highest BCUT2D eigenvalue weighted by molar-refractivity contribution is 6.31. The first-order valence-corrected chi connectivity index (χ1v) is 11.9. The molecule has 0 aliphatic rings. The SMILES string of the molecule is COc1cc2occ(-c3ccc(-c4ccccc4)cc3)c2cc1/C(C)=C/C(=O)Nc1cccc(Cl)c1. The summed E-state index contributed by atoms with van der Waals surface area (Å²) < 4.78 is 11.5. The molecule has 0 aliphatic heterocycles. The molecule has 4 aromatic carbocycles. The van der Waals surface area contributed by atoms with E-state index < -0.39 is 0 Å². The van der Waals surface area contributed by atoms with Gasteiger partial charge in [0.05, 0.1) is 13.4 Å². The Labute approximate surface area is 214 Å². The van der Waals surface area contributed by atoms with E-state index in [0.29, 0.717) is 22.0 Å². The molecule has 1 N–H and O–H groups in total. The van der Waals surface area contributed by atoms with E-state index in [4.69, 9.17) is 20.8 Å². The van der Waals surface area contributed by atoms with Crippen molar-refractivity contribution in [2.45, 2.75) is 6.92 Å². The van der Waals surface area contributed by atoms with Crippen LogP contribution >= 0.6 is 11.6 Å². The first-order chi connectivity index (χ1) is 17.5. The minimum Gasteiger partial charge on any atom is -0.496 e. The van der Waals surface area contributed by atoms with E-state index in [1.807, 2.05) is 37.3 Å². The second kappa shape index (κ2) is 10.1. The van der Waals surface area contributed by atoms with Crippen molar-refractivity contribution in [3.63, 3.8) is 0 Å². The number of halogens is 1. The Morgan fingerprint density at radius 3 is 2.33 bits per heavy atom. The minimum absolute atomic E-state index is 0.249. The number of furan rings is 1. The van der Waals surface area contributed by atoms with Crippen LogP contribution in [0.25, 0.3) is 38.8 Å². The summed E-state index contributed by atoms with van der Waals surface area (Å²) in [5, 5.41) is 4.36. The molecule has 1 aromatic heterocycles. The lowest BCUT2D eigenvalue weighted by molar-refractivity contribution is -0.111. The largest absolute Gasteiger partial charge is 0.496 e. The van der Waals surface area contributed by atoms with E-state index in [1.54, 1.807) is 43.7 Å². The monoisotopic (exact) mass is 493 g/mol. The van der Waals surface area contributed by atoms with Crippen molar-refractivity contribution in [2.24, 2.45) is 0 Å². The van der Waals surface area contributed by atoms with E-state index in [9.17, 15) is 4.79 Å². The van der Waals surface area contributed by atoms with Gasteiger partial charge in [0.1, 0.15) is 11.3 Å². The number of benzene rings is 4. The van der Waals surface area contributed by atoms with Crippen LogP contribution in [0.1, 0.15) is 12.5 Å². The third kappa shape index (κ3) is 4.90. The summed E-state index contributed by atoms with van der Waals surface area (Å²) in [4.78, 5) is 12.7. The fourth-order valence-corrected chi connectivity index (χ4v) is 4.44. The molecule has 0 unspecified atom stereocenters. The first-order valence-electron chi connectivity index (χ1n) is 11.5. The van der Waals surface area contributed by atoms with Crippen LogP contribution in [0.15, 0.2) is 108 Å². The average molecular weight is 494 g/mol. The molecule has 0 saturated heterocycles. The smallest absolute Gasteiger partial charge is 0.248 e. The van der Waals surface area contributed by atoms with Gasteiger partial charge in [-0.25, -0.2) is 0 Å². The predicted octanol–water partition coefficient (Wildman–Crippen LogP) is 8.47. The third-order valence-electron chi connectivity index (χ3n) is 6.06. The Bertz CT molecular complexity index is 1570. The van der Waals surface area contributed by atoms with Crippen LogP contribution in [0.5, 0.6) is 5.75 Å². The quantitative estimate of drug-likeness (QED) is 0.241. The lowest BCUT2D eigenvalue weighted by Gasteiger charge is -2.10. The highest BCUT2D eigenvalue weighted by atomic mass is 35.5. The lowest BCUT2D eigenvalue weighted by Crippen LogP contribution is -2.08. The van der Waals surface area contributed by atoms with Gasteiger partial charge in [-0.1, -0.05) is 72.3 Å². The zero-order valence-corrected chi connectivity index (χ0v) is 20.7. The Hall–Kier alpha value is -4.28. The molecule has 4 nitrogen and oxygen atoms in total. The molecule has 36 heavy (non-hydrogen) atoms. The summed E-state index contributed by atoms with van der Waals surface area (Å²) in [6, 6.07) is 29.6. The Balaban J connectivity index is 1.48. The zero-order valence-electron chi connectivity index (χ0n) is 19.9. The number of rotatable bonds is 6. The summed E-state index contributed by atoms with van der Waals surface area (Å²) in [6.07, 6.45) is 3.31. The number of carbonyl (C=O) groups excluding carboxylic acids is 1. The molecule has 178 valence electrons. The van der Waals surface area contributed by atoms with Crippen molar-refractivity contribution in [3.8, 4) is 28.0 Å². The number of fused-ring (bicyclic) bond motifs is 1. The maximum absolute atomic E-state index is 12.7. The molecule has 5 aromatic rings. The summed E-state index contributed by atoms with van der Waals surface area (Å²) in [7, 11) is 1.61. The molecule has 5 rings (SSSR count). The molecular formula is C31H24ClNO3. The van der Waals surface area contributed by atoms with Gasteiger partial charge in [-0.05, 0) is 53.5 Å². The van der Waals surface area contributed by atoms with Crippen LogP contribution in [-0.4, -0.2) is 13.0 Å². The number of hydrogen-bond donors (Lipinski definition) is 1. The maximum atomic E-state index is 12.7. The van der Waals surface area contributed by atoms with Crippen molar-refractivity contribution in [1.29, 1.82) is 0 Å². The second-order valence-electron chi connectivity index (χ2n) is 8.47. The van der Waals surface area contributed by atoms with E-state index in [-0.39, 0.29) is 5.91 Å². The molecule has 1 heterocycles. The molecule has 0 bridgehead atoms. The summed E-state index contributed by atoms with van der Waals surface area (Å²) in [6.45, 7) is 1.88. The normalized spacial score (nSPS) is 11.5. The zero-order chi connectivity index (χ0) is 25.1. The molecule has 0 spiro atoms. The summed E-state index contributed by atoms with van der Waals surface area (Å²) >= 11 is 6.03. The van der Waals surface area contributed by atoms with Gasteiger partial charge >= 0.3 is 0 Å². The fraction of sp³-hybridized carbons (Fsp3) is 0.0645. The van der Waals surface area contributed by atoms with Gasteiger partial charge in [-0.15, -0.1) is 0 Å².